The van der Waals surface area contributed by atoms with E-state index in [-0.39, 0.29) is 6.54 Å². The maximum Gasteiger partial charge on any atom is 0.337 e. The zero-order valence-electron chi connectivity index (χ0n) is 17.4. The molecule has 1 radical (unpaired) electrons. The zero-order chi connectivity index (χ0) is 22.8. The highest BCUT2D eigenvalue weighted by molar-refractivity contribution is 5.81. The van der Waals surface area contributed by atoms with Crippen LogP contribution in [0, 0.1) is 0 Å². The predicted molar refractivity (Wildman–Crippen MR) is 108 cm³/mol. The second-order valence-electron chi connectivity index (χ2n) is 6.44. The summed E-state index contributed by atoms with van der Waals surface area (Å²) in [5.41, 5.74) is 6.99. The highest BCUT2D eigenvalue weighted by Gasteiger charge is 2.37. The second-order valence-corrected chi connectivity index (χ2v) is 6.44. The average molecular weight is 438 g/mol. The summed E-state index contributed by atoms with van der Waals surface area (Å²) in [4.78, 5) is 22.9. The molecule has 4 atom stereocenters. The van der Waals surface area contributed by atoms with Gasteiger partial charge in [0.15, 0.2) is 12.2 Å². The molecule has 0 unspecified atom stereocenters. The summed E-state index contributed by atoms with van der Waals surface area (Å²) < 4.78 is 4.21. The van der Waals surface area contributed by atoms with Crippen LogP contribution >= 0.6 is 0 Å². The molecule has 0 aromatic carbocycles. The number of methoxy groups -OCH3 is 1. The number of hydrogen-bond donors (Lipinski definition) is 9. The summed E-state index contributed by atoms with van der Waals surface area (Å²) in [6.07, 6.45) is -8.23. The number of aliphatic hydroxyl groups excluding tert-OH is 4. The molecule has 10 N–H and O–H groups in total. The van der Waals surface area contributed by atoms with Crippen LogP contribution in [0.5, 0.6) is 0 Å². The minimum Gasteiger partial charge on any atom is -0.467 e. The molecule has 30 heavy (non-hydrogen) atoms. The fraction of sp³-hybridized carbons (Fsp3) is 0.882. The van der Waals surface area contributed by atoms with Crippen LogP contribution in [0.3, 0.4) is 0 Å². The van der Waals surface area contributed by atoms with Crippen LogP contribution in [0.2, 0.25) is 0 Å². The van der Waals surface area contributed by atoms with Gasteiger partial charge in [-0.2, -0.15) is 0 Å². The molecule has 0 rings (SSSR count). The molecule has 13 nitrogen and oxygen atoms in total. The molecule has 0 saturated carbocycles. The van der Waals surface area contributed by atoms with Crippen LogP contribution in [0.4, 0.5) is 0 Å². The normalized spacial score (nSPS) is 15.3. The number of nitrogens with one attached hydrogen (secondary N) is 6. The SMILES string of the molecule is COC(=O)[C@@H](O)[C@@H](O)[C@H](O)[C@@H](O)C(=O)NCCNCCNCCNCCNCC[NH]. The van der Waals surface area contributed by atoms with E-state index in [1.807, 2.05) is 0 Å². The van der Waals surface area contributed by atoms with Gasteiger partial charge in [0, 0.05) is 65.4 Å². The van der Waals surface area contributed by atoms with Gasteiger partial charge in [-0.3, -0.25) is 10.5 Å². The number of ether oxygens (including phenoxy) is 1. The molecular formula is C17H37N6O7. The van der Waals surface area contributed by atoms with Gasteiger partial charge in [-0.25, -0.2) is 4.79 Å². The number of hydrogen-bond acceptors (Lipinski definition) is 11. The van der Waals surface area contributed by atoms with Gasteiger partial charge in [-0.1, -0.05) is 0 Å². The second kappa shape index (κ2) is 18.4. The molecule has 0 heterocycles. The molecule has 0 saturated heterocycles. The molecule has 0 aliphatic carbocycles. The maximum atomic E-state index is 11.8. The number of carbonyl (C=O) groups excluding carboxylic acids is 2. The largest absolute Gasteiger partial charge is 0.467 e. The van der Waals surface area contributed by atoms with E-state index in [1.165, 1.54) is 0 Å². The van der Waals surface area contributed by atoms with Crippen molar-refractivity contribution in [2.24, 2.45) is 0 Å². The van der Waals surface area contributed by atoms with Crippen molar-refractivity contribution >= 4 is 11.9 Å². The van der Waals surface area contributed by atoms with Crippen molar-refractivity contribution in [1.82, 2.24) is 32.3 Å². The molecule has 0 bridgehead atoms. The Kier molecular flexibility index (Phi) is 17.5. The molecular weight excluding hydrogens is 400 g/mol. The minimum atomic E-state index is -2.08. The Morgan fingerprint density at radius 2 is 1.13 bits per heavy atom. The third-order valence-electron chi connectivity index (χ3n) is 4.05. The van der Waals surface area contributed by atoms with E-state index in [9.17, 15) is 30.0 Å². The molecule has 0 aliphatic rings. The average Bonchev–Trinajstić information content (AvgIpc) is 2.76. The van der Waals surface area contributed by atoms with Gasteiger partial charge in [0.2, 0.25) is 0 Å². The minimum absolute atomic E-state index is 0.172. The molecule has 0 aromatic rings. The van der Waals surface area contributed by atoms with E-state index in [1.54, 1.807) is 0 Å². The monoisotopic (exact) mass is 437 g/mol. The number of carbonyl (C=O) groups is 2. The number of rotatable bonds is 19. The lowest BCUT2D eigenvalue weighted by Gasteiger charge is -2.24. The topological polar surface area (TPSA) is 208 Å². The fourth-order valence-electron chi connectivity index (χ4n) is 2.29. The van der Waals surface area contributed by atoms with Crippen molar-refractivity contribution in [1.29, 1.82) is 0 Å². The lowest BCUT2D eigenvalue weighted by atomic mass is 10.0. The van der Waals surface area contributed by atoms with Gasteiger partial charge in [0.05, 0.1) is 7.11 Å². The first kappa shape index (κ1) is 28.6. The van der Waals surface area contributed by atoms with Crippen molar-refractivity contribution in [2.45, 2.75) is 24.4 Å². The fourth-order valence-corrected chi connectivity index (χ4v) is 2.29. The van der Waals surface area contributed by atoms with Gasteiger partial charge in [0.25, 0.3) is 5.91 Å². The third-order valence-corrected chi connectivity index (χ3v) is 4.05. The van der Waals surface area contributed by atoms with E-state index < -0.39 is 36.3 Å². The molecule has 0 aliphatic heterocycles. The molecule has 0 aromatic heterocycles. The van der Waals surface area contributed by atoms with Crippen LogP contribution in [0.15, 0.2) is 0 Å². The van der Waals surface area contributed by atoms with Gasteiger partial charge < -0.3 is 51.7 Å². The summed E-state index contributed by atoms with van der Waals surface area (Å²) in [6.45, 7) is 6.38. The molecule has 13 heteroatoms. The summed E-state index contributed by atoms with van der Waals surface area (Å²) in [5, 5.41) is 53.6. The Balaban J connectivity index is 3.69. The highest BCUT2D eigenvalue weighted by Crippen LogP contribution is 2.06. The molecule has 0 spiro atoms. The van der Waals surface area contributed by atoms with E-state index >= 15 is 0 Å². The zero-order valence-corrected chi connectivity index (χ0v) is 17.4. The predicted octanol–water partition coefficient (Wildman–Crippen LogP) is -5.64. The van der Waals surface area contributed by atoms with Gasteiger partial charge in [-0.15, -0.1) is 0 Å². The Morgan fingerprint density at radius 1 is 0.733 bits per heavy atom. The van der Waals surface area contributed by atoms with Crippen LogP contribution in [0.1, 0.15) is 0 Å². The first-order chi connectivity index (χ1) is 14.4. The van der Waals surface area contributed by atoms with Gasteiger partial charge in [-0.05, 0) is 0 Å². The Labute approximate surface area is 176 Å². The Bertz CT molecular complexity index is 460. The summed E-state index contributed by atoms with van der Waals surface area (Å²) in [7, 11) is 0.981. The standard InChI is InChI=1S/C17H37N6O7/c1-30-17(29)15(27)13(25)12(24)14(26)16(28)23-11-10-22-9-8-21-7-6-20-5-4-19-3-2-18/h12-15,18-22,24-27H,2-11H2,1H3,(H,23,28)/t12-,13-,14+,15-/m0/s1. The maximum absolute atomic E-state index is 11.8. The van der Waals surface area contributed by atoms with E-state index in [2.05, 4.69) is 31.3 Å². The van der Waals surface area contributed by atoms with Crippen LogP contribution in [-0.4, -0.2) is 129 Å². The van der Waals surface area contributed by atoms with Crippen molar-refractivity contribution in [2.75, 3.05) is 72.6 Å². The Hall–Kier alpha value is -1.42. The third kappa shape index (κ3) is 13.0. The summed E-state index contributed by atoms with van der Waals surface area (Å²) in [6, 6.07) is 0. The van der Waals surface area contributed by atoms with Crippen molar-refractivity contribution in [3.8, 4) is 0 Å². The lowest BCUT2D eigenvalue weighted by Crippen LogP contribution is -2.53. The molecule has 177 valence electrons. The van der Waals surface area contributed by atoms with Crippen molar-refractivity contribution < 1.29 is 34.8 Å². The van der Waals surface area contributed by atoms with Gasteiger partial charge >= 0.3 is 5.97 Å². The summed E-state index contributed by atoms with van der Waals surface area (Å²) in [5.74, 6) is -2.14. The van der Waals surface area contributed by atoms with Crippen LogP contribution < -0.4 is 32.3 Å². The van der Waals surface area contributed by atoms with Crippen LogP contribution in [-0.2, 0) is 14.3 Å². The molecule has 1 amide bonds. The van der Waals surface area contributed by atoms with Crippen LogP contribution in [0.25, 0.3) is 0 Å². The van der Waals surface area contributed by atoms with Gasteiger partial charge in [0.1, 0.15) is 12.2 Å². The van der Waals surface area contributed by atoms with E-state index in [0.717, 1.165) is 39.8 Å². The first-order valence-electron chi connectivity index (χ1n) is 9.92. The molecule has 0 fully saturated rings. The van der Waals surface area contributed by atoms with Crippen molar-refractivity contribution in [3.63, 3.8) is 0 Å². The smallest absolute Gasteiger partial charge is 0.337 e. The Morgan fingerprint density at radius 3 is 1.57 bits per heavy atom. The van der Waals surface area contributed by atoms with E-state index in [0.29, 0.717) is 26.2 Å². The van der Waals surface area contributed by atoms with E-state index in [4.69, 9.17) is 5.73 Å². The lowest BCUT2D eigenvalue weighted by molar-refractivity contribution is -0.169. The quantitative estimate of drug-likeness (QED) is 0.0687. The number of aliphatic hydroxyl groups is 4. The number of amides is 1. The highest BCUT2D eigenvalue weighted by atomic mass is 16.5. The van der Waals surface area contributed by atoms with Crippen molar-refractivity contribution in [3.05, 3.63) is 0 Å². The number of esters is 1. The first-order valence-corrected chi connectivity index (χ1v) is 9.92. The summed E-state index contributed by atoms with van der Waals surface area (Å²) >= 11 is 0.